The van der Waals surface area contributed by atoms with Crippen molar-refractivity contribution in [2.24, 2.45) is 5.92 Å². The van der Waals surface area contributed by atoms with Crippen LogP contribution >= 0.6 is 22.9 Å². The largest absolute Gasteiger partial charge is 0.468 e. The van der Waals surface area contributed by atoms with E-state index >= 15 is 0 Å². The predicted molar refractivity (Wildman–Crippen MR) is 104 cm³/mol. The molecule has 3 rings (SSSR count). The van der Waals surface area contributed by atoms with Gasteiger partial charge in [-0.25, -0.2) is 0 Å². The Morgan fingerprint density at radius 2 is 1.89 bits per heavy atom. The van der Waals surface area contributed by atoms with E-state index in [-0.39, 0.29) is 30.8 Å². The second-order valence-corrected chi connectivity index (χ2v) is 7.81. The van der Waals surface area contributed by atoms with Crippen molar-refractivity contribution >= 4 is 45.7 Å². The molecule has 8 heteroatoms. The van der Waals surface area contributed by atoms with Gasteiger partial charge in [0, 0.05) is 17.5 Å². The average Bonchev–Trinajstić information content (AvgIpc) is 3.42. The van der Waals surface area contributed by atoms with E-state index in [1.165, 1.54) is 23.3 Å². The number of anilines is 1. The fourth-order valence-electron chi connectivity index (χ4n) is 2.47. The Hall–Kier alpha value is -2.38. The predicted octanol–water partition coefficient (Wildman–Crippen LogP) is 3.57. The number of amides is 2. The molecule has 0 atom stereocenters. The second kappa shape index (κ2) is 8.54. The summed E-state index contributed by atoms with van der Waals surface area (Å²) >= 11 is 7.09. The SMILES string of the molecule is COC(=O)CN(Cc1ccc(Cl)cc1)C(=O)c1ccc(NC(=O)C2CC2)s1. The molecular formula is C19H19ClN2O4S. The first-order chi connectivity index (χ1) is 13.0. The van der Waals surface area contributed by atoms with Crippen molar-refractivity contribution in [3.63, 3.8) is 0 Å². The van der Waals surface area contributed by atoms with E-state index in [4.69, 9.17) is 16.3 Å². The van der Waals surface area contributed by atoms with Gasteiger partial charge in [-0.3, -0.25) is 14.4 Å². The number of rotatable bonds is 7. The number of hydrogen-bond donors (Lipinski definition) is 1. The number of carbonyl (C=O) groups is 3. The second-order valence-electron chi connectivity index (χ2n) is 6.29. The average molecular weight is 407 g/mol. The molecule has 0 spiro atoms. The van der Waals surface area contributed by atoms with Gasteiger partial charge >= 0.3 is 5.97 Å². The van der Waals surface area contributed by atoms with Gasteiger partial charge in [0.15, 0.2) is 0 Å². The van der Waals surface area contributed by atoms with Crippen molar-refractivity contribution in [2.45, 2.75) is 19.4 Å². The summed E-state index contributed by atoms with van der Waals surface area (Å²) < 4.78 is 4.71. The molecule has 1 fully saturated rings. The maximum atomic E-state index is 12.9. The summed E-state index contributed by atoms with van der Waals surface area (Å²) in [6.45, 7) is 0.0758. The molecule has 1 aromatic heterocycles. The van der Waals surface area contributed by atoms with Gasteiger partial charge < -0.3 is 15.0 Å². The number of nitrogens with zero attached hydrogens (tertiary/aromatic N) is 1. The normalized spacial score (nSPS) is 13.1. The monoisotopic (exact) mass is 406 g/mol. The molecule has 1 aliphatic carbocycles. The quantitative estimate of drug-likeness (QED) is 0.713. The molecule has 0 saturated heterocycles. The third kappa shape index (κ3) is 5.30. The number of nitrogens with one attached hydrogen (secondary N) is 1. The van der Waals surface area contributed by atoms with Crippen LogP contribution in [0.5, 0.6) is 0 Å². The van der Waals surface area contributed by atoms with E-state index in [9.17, 15) is 14.4 Å². The molecule has 2 amide bonds. The highest BCUT2D eigenvalue weighted by molar-refractivity contribution is 7.18. The zero-order chi connectivity index (χ0) is 19.4. The van der Waals surface area contributed by atoms with E-state index in [0.29, 0.717) is 14.9 Å². The Balaban J connectivity index is 1.73. The summed E-state index contributed by atoms with van der Waals surface area (Å²) in [4.78, 5) is 38.4. The van der Waals surface area contributed by atoms with Gasteiger partial charge in [0.05, 0.1) is 17.0 Å². The zero-order valence-corrected chi connectivity index (χ0v) is 16.3. The highest BCUT2D eigenvalue weighted by atomic mass is 35.5. The number of ether oxygens (including phenoxy) is 1. The molecule has 0 unspecified atom stereocenters. The van der Waals surface area contributed by atoms with E-state index < -0.39 is 5.97 Å². The number of hydrogen-bond acceptors (Lipinski definition) is 5. The Kier molecular flexibility index (Phi) is 6.13. The van der Waals surface area contributed by atoms with Crippen molar-refractivity contribution in [3.8, 4) is 0 Å². The maximum Gasteiger partial charge on any atom is 0.325 e. The lowest BCUT2D eigenvalue weighted by molar-refractivity contribution is -0.141. The molecule has 1 aliphatic rings. The Labute approximate surface area is 166 Å². The van der Waals surface area contributed by atoms with Crippen LogP contribution in [0, 0.1) is 5.92 Å². The molecule has 0 aliphatic heterocycles. The highest BCUT2D eigenvalue weighted by Gasteiger charge is 2.30. The van der Waals surface area contributed by atoms with Crippen molar-refractivity contribution in [3.05, 3.63) is 51.9 Å². The topological polar surface area (TPSA) is 75.7 Å². The number of benzene rings is 1. The standard InChI is InChI=1S/C19H19ClN2O4S/c1-26-17(23)11-22(10-12-2-6-14(20)7-3-12)19(25)15-8-9-16(27-15)21-18(24)13-4-5-13/h2-3,6-9,13H,4-5,10-11H2,1H3,(H,21,24). The lowest BCUT2D eigenvalue weighted by atomic mass is 10.2. The molecule has 1 heterocycles. The lowest BCUT2D eigenvalue weighted by Crippen LogP contribution is -2.35. The van der Waals surface area contributed by atoms with Crippen molar-refractivity contribution in [1.29, 1.82) is 0 Å². The summed E-state index contributed by atoms with van der Waals surface area (Å²) in [7, 11) is 1.28. The third-order valence-electron chi connectivity index (χ3n) is 4.13. The maximum absolute atomic E-state index is 12.9. The molecule has 1 saturated carbocycles. The smallest absolute Gasteiger partial charge is 0.325 e. The van der Waals surface area contributed by atoms with Gasteiger partial charge in [0.25, 0.3) is 5.91 Å². The molecule has 27 heavy (non-hydrogen) atoms. The molecule has 1 N–H and O–H groups in total. The van der Waals surface area contributed by atoms with Crippen molar-refractivity contribution in [1.82, 2.24) is 4.90 Å². The van der Waals surface area contributed by atoms with Crippen LogP contribution in [0.4, 0.5) is 5.00 Å². The summed E-state index contributed by atoms with van der Waals surface area (Å²) in [5.74, 6) is -0.723. The van der Waals surface area contributed by atoms with Crippen LogP contribution in [0.2, 0.25) is 5.02 Å². The van der Waals surface area contributed by atoms with E-state index in [2.05, 4.69) is 5.32 Å². The van der Waals surface area contributed by atoms with Crippen LogP contribution in [0.25, 0.3) is 0 Å². The Morgan fingerprint density at radius 3 is 2.52 bits per heavy atom. The fourth-order valence-corrected chi connectivity index (χ4v) is 3.48. The van der Waals surface area contributed by atoms with Crippen LogP contribution in [-0.4, -0.2) is 36.3 Å². The van der Waals surface area contributed by atoms with Crippen LogP contribution in [0.15, 0.2) is 36.4 Å². The Morgan fingerprint density at radius 1 is 1.19 bits per heavy atom. The molecule has 0 bridgehead atoms. The van der Waals surface area contributed by atoms with Crippen molar-refractivity contribution in [2.75, 3.05) is 19.0 Å². The van der Waals surface area contributed by atoms with Crippen LogP contribution in [-0.2, 0) is 20.9 Å². The van der Waals surface area contributed by atoms with Crippen LogP contribution < -0.4 is 5.32 Å². The van der Waals surface area contributed by atoms with Crippen LogP contribution in [0.3, 0.4) is 0 Å². The molecule has 0 radical (unpaired) electrons. The molecule has 1 aromatic carbocycles. The molecular weight excluding hydrogens is 388 g/mol. The van der Waals surface area contributed by atoms with Crippen molar-refractivity contribution < 1.29 is 19.1 Å². The van der Waals surface area contributed by atoms with Gasteiger partial charge in [-0.1, -0.05) is 23.7 Å². The number of thiophene rings is 1. The van der Waals surface area contributed by atoms with Gasteiger partial charge in [-0.15, -0.1) is 11.3 Å². The van der Waals surface area contributed by atoms with E-state index in [1.807, 2.05) is 0 Å². The Bertz CT molecular complexity index is 846. The number of methoxy groups -OCH3 is 1. The fraction of sp³-hybridized carbons (Fsp3) is 0.316. The minimum Gasteiger partial charge on any atom is -0.468 e. The number of carbonyl (C=O) groups excluding carboxylic acids is 3. The first-order valence-electron chi connectivity index (χ1n) is 8.47. The third-order valence-corrected chi connectivity index (χ3v) is 5.37. The molecule has 6 nitrogen and oxygen atoms in total. The number of esters is 1. The van der Waals surface area contributed by atoms with E-state index in [0.717, 1.165) is 18.4 Å². The van der Waals surface area contributed by atoms with E-state index in [1.54, 1.807) is 36.4 Å². The number of halogens is 1. The first kappa shape index (κ1) is 19.4. The lowest BCUT2D eigenvalue weighted by Gasteiger charge is -2.21. The zero-order valence-electron chi connectivity index (χ0n) is 14.7. The molecule has 2 aromatic rings. The molecule has 142 valence electrons. The summed E-state index contributed by atoms with van der Waals surface area (Å²) in [6.07, 6.45) is 1.83. The van der Waals surface area contributed by atoms with Gasteiger partial charge in [-0.2, -0.15) is 0 Å². The van der Waals surface area contributed by atoms with Gasteiger partial charge in [-0.05, 0) is 42.7 Å². The highest BCUT2D eigenvalue weighted by Crippen LogP contribution is 2.32. The van der Waals surface area contributed by atoms with Gasteiger partial charge in [0.1, 0.15) is 6.54 Å². The summed E-state index contributed by atoms with van der Waals surface area (Å²) in [5.41, 5.74) is 0.843. The minimum absolute atomic E-state index is 0.0107. The van der Waals surface area contributed by atoms with Gasteiger partial charge in [0.2, 0.25) is 5.91 Å². The van der Waals surface area contributed by atoms with Crippen LogP contribution in [0.1, 0.15) is 28.1 Å². The minimum atomic E-state index is -0.504. The summed E-state index contributed by atoms with van der Waals surface area (Å²) in [6, 6.07) is 10.4. The summed E-state index contributed by atoms with van der Waals surface area (Å²) in [5, 5.41) is 4.05. The first-order valence-corrected chi connectivity index (χ1v) is 9.67.